The molecule has 5 N–H and O–H groups in total. The number of rotatable bonds is 4. The van der Waals surface area contributed by atoms with Crippen LogP contribution in [-0.2, 0) is 14.8 Å². The lowest BCUT2D eigenvalue weighted by Gasteiger charge is -2.09. The zero-order valence-corrected chi connectivity index (χ0v) is 12.1. The third-order valence-electron chi connectivity index (χ3n) is 1.91. The Morgan fingerprint density at radius 3 is 2.50 bits per heavy atom. The summed E-state index contributed by atoms with van der Waals surface area (Å²) in [5.74, 6) is -2.13. The smallest absolute Gasteiger partial charge is 0.318 e. The average Bonchev–Trinajstić information content (AvgIpc) is 2.27. The number of nitrogens with two attached hydrogens (primary N) is 2. The zero-order chi connectivity index (χ0) is 15.5. The summed E-state index contributed by atoms with van der Waals surface area (Å²) in [7, 11) is -4.22. The van der Waals surface area contributed by atoms with Crippen LogP contribution in [0.3, 0.4) is 0 Å². The van der Waals surface area contributed by atoms with Crippen molar-refractivity contribution in [3.8, 4) is 5.75 Å². The Labute approximate surface area is 121 Å². The third kappa shape index (κ3) is 4.43. The van der Waals surface area contributed by atoms with Gasteiger partial charge in [-0.3, -0.25) is 10.1 Å². The second-order valence-electron chi connectivity index (χ2n) is 3.46. The quantitative estimate of drug-likeness (QED) is 0.674. The summed E-state index contributed by atoms with van der Waals surface area (Å²) in [4.78, 5) is 20.7. The summed E-state index contributed by atoms with van der Waals surface area (Å²) in [5, 5.41) is 6.54. The highest BCUT2D eigenvalue weighted by Gasteiger charge is 2.18. The van der Waals surface area contributed by atoms with E-state index >= 15 is 0 Å². The number of urea groups is 1. The number of ether oxygens (including phenoxy) is 1. The first-order valence-corrected chi connectivity index (χ1v) is 7.19. The number of amides is 3. The second kappa shape index (κ2) is 6.15. The van der Waals surface area contributed by atoms with Gasteiger partial charge in [0.05, 0.1) is 4.47 Å². The van der Waals surface area contributed by atoms with Gasteiger partial charge in [0.2, 0.25) is 10.0 Å². The number of hydrogen-bond donors (Lipinski definition) is 3. The van der Waals surface area contributed by atoms with Crippen LogP contribution in [0.4, 0.5) is 9.18 Å². The van der Waals surface area contributed by atoms with Gasteiger partial charge in [0.25, 0.3) is 5.91 Å². The summed E-state index contributed by atoms with van der Waals surface area (Å²) < 4.78 is 40.6. The van der Waals surface area contributed by atoms with E-state index in [-0.39, 0.29) is 10.2 Å². The van der Waals surface area contributed by atoms with Crippen LogP contribution >= 0.6 is 15.9 Å². The van der Waals surface area contributed by atoms with Gasteiger partial charge in [0, 0.05) is 6.07 Å². The molecule has 3 amide bonds. The van der Waals surface area contributed by atoms with Crippen molar-refractivity contribution in [3.05, 3.63) is 22.4 Å². The van der Waals surface area contributed by atoms with E-state index in [1.54, 1.807) is 5.32 Å². The molecule has 0 fully saturated rings. The van der Waals surface area contributed by atoms with Crippen LogP contribution in [0.2, 0.25) is 0 Å². The zero-order valence-electron chi connectivity index (χ0n) is 9.72. The summed E-state index contributed by atoms with van der Waals surface area (Å²) >= 11 is 2.94. The lowest BCUT2D eigenvalue weighted by Crippen LogP contribution is -2.38. The summed E-state index contributed by atoms with van der Waals surface area (Å²) in [6.07, 6.45) is 0. The molecule has 0 saturated heterocycles. The number of benzene rings is 1. The van der Waals surface area contributed by atoms with Crippen molar-refractivity contribution in [1.29, 1.82) is 0 Å². The lowest BCUT2D eigenvalue weighted by molar-refractivity contribution is -0.121. The Morgan fingerprint density at radius 1 is 1.40 bits per heavy atom. The van der Waals surface area contributed by atoms with Gasteiger partial charge < -0.3 is 10.5 Å². The fourth-order valence-electron chi connectivity index (χ4n) is 1.16. The van der Waals surface area contributed by atoms with E-state index in [9.17, 15) is 22.4 Å². The second-order valence-corrected chi connectivity index (χ2v) is 5.84. The van der Waals surface area contributed by atoms with Crippen LogP contribution in [0.15, 0.2) is 21.5 Å². The molecular formula is C9H9BrFN3O5S. The van der Waals surface area contributed by atoms with Crippen molar-refractivity contribution in [1.82, 2.24) is 5.32 Å². The summed E-state index contributed by atoms with van der Waals surface area (Å²) in [6.45, 7) is -0.615. The molecule has 0 bridgehead atoms. The number of imide groups is 1. The first-order valence-electron chi connectivity index (χ1n) is 4.85. The van der Waals surface area contributed by atoms with E-state index < -0.39 is 39.3 Å². The molecule has 11 heteroatoms. The van der Waals surface area contributed by atoms with Crippen molar-refractivity contribution in [2.75, 3.05) is 6.61 Å². The van der Waals surface area contributed by atoms with Crippen LogP contribution in [0.25, 0.3) is 0 Å². The minimum absolute atomic E-state index is 0.0646. The normalized spacial score (nSPS) is 10.9. The Hall–Kier alpha value is -1.72. The van der Waals surface area contributed by atoms with Gasteiger partial charge in [-0.05, 0) is 22.0 Å². The first-order chi connectivity index (χ1) is 9.11. The van der Waals surface area contributed by atoms with E-state index in [0.717, 1.165) is 12.1 Å². The molecule has 110 valence electrons. The molecule has 0 spiro atoms. The van der Waals surface area contributed by atoms with Crippen LogP contribution in [-0.4, -0.2) is 27.0 Å². The Bertz CT molecular complexity index is 664. The molecule has 0 saturated carbocycles. The minimum atomic E-state index is -4.22. The molecule has 0 radical (unpaired) electrons. The predicted octanol–water partition coefficient (Wildman–Crippen LogP) is -0.191. The molecule has 20 heavy (non-hydrogen) atoms. The first kappa shape index (κ1) is 16.3. The highest BCUT2D eigenvalue weighted by atomic mass is 79.9. The maximum atomic E-state index is 13.5. The van der Waals surface area contributed by atoms with Crippen LogP contribution in [0.5, 0.6) is 5.75 Å². The van der Waals surface area contributed by atoms with Gasteiger partial charge in [0.1, 0.15) is 16.5 Å². The molecule has 0 aromatic heterocycles. The average molecular weight is 370 g/mol. The van der Waals surface area contributed by atoms with Gasteiger partial charge in [-0.25, -0.2) is 22.7 Å². The number of primary amides is 1. The molecule has 0 aliphatic heterocycles. The number of primary sulfonamides is 1. The minimum Gasteiger partial charge on any atom is -0.482 e. The molecule has 0 atom stereocenters. The largest absolute Gasteiger partial charge is 0.482 e. The van der Waals surface area contributed by atoms with E-state index in [2.05, 4.69) is 15.9 Å². The molecule has 0 aliphatic carbocycles. The predicted molar refractivity (Wildman–Crippen MR) is 68.7 cm³/mol. The molecule has 1 rings (SSSR count). The molecule has 0 unspecified atom stereocenters. The fraction of sp³-hybridized carbons (Fsp3) is 0.111. The van der Waals surface area contributed by atoms with Crippen molar-refractivity contribution in [2.24, 2.45) is 10.9 Å². The Morgan fingerprint density at radius 2 is 2.00 bits per heavy atom. The van der Waals surface area contributed by atoms with Crippen LogP contribution in [0.1, 0.15) is 0 Å². The van der Waals surface area contributed by atoms with E-state index in [4.69, 9.17) is 15.6 Å². The number of carbonyl (C=O) groups excluding carboxylic acids is 2. The number of halogens is 2. The highest BCUT2D eigenvalue weighted by Crippen LogP contribution is 2.29. The van der Waals surface area contributed by atoms with Crippen molar-refractivity contribution < 1.29 is 27.1 Å². The maximum absolute atomic E-state index is 13.5. The van der Waals surface area contributed by atoms with Gasteiger partial charge >= 0.3 is 6.03 Å². The fourth-order valence-corrected chi connectivity index (χ4v) is 2.38. The molecule has 8 nitrogen and oxygen atoms in total. The maximum Gasteiger partial charge on any atom is 0.318 e. The number of nitrogens with one attached hydrogen (secondary N) is 1. The van der Waals surface area contributed by atoms with Crippen LogP contribution in [0, 0.1) is 5.82 Å². The highest BCUT2D eigenvalue weighted by molar-refractivity contribution is 9.10. The van der Waals surface area contributed by atoms with E-state index in [0.29, 0.717) is 0 Å². The van der Waals surface area contributed by atoms with Crippen molar-refractivity contribution in [3.63, 3.8) is 0 Å². The van der Waals surface area contributed by atoms with E-state index in [1.807, 2.05) is 0 Å². The molecular weight excluding hydrogens is 361 g/mol. The SMILES string of the molecule is NC(=O)NC(=O)COc1cc(F)c(S(N)(=O)=O)cc1Br. The monoisotopic (exact) mass is 369 g/mol. The van der Waals surface area contributed by atoms with Gasteiger partial charge in [-0.15, -0.1) is 0 Å². The van der Waals surface area contributed by atoms with E-state index in [1.165, 1.54) is 0 Å². The lowest BCUT2D eigenvalue weighted by atomic mass is 10.3. The summed E-state index contributed by atoms with van der Waals surface area (Å²) in [5.41, 5.74) is 4.71. The molecule has 0 heterocycles. The molecule has 1 aromatic carbocycles. The standard InChI is InChI=1S/C9H9BrFN3O5S/c10-4-1-7(20(13,17)18)5(11)2-6(4)19-3-8(15)14-9(12)16/h1-2H,3H2,(H2,13,17,18)(H3,12,14,15,16). The Kier molecular flexibility index (Phi) is 5.03. The topological polar surface area (TPSA) is 142 Å². The Balaban J connectivity index is 2.91. The van der Waals surface area contributed by atoms with Gasteiger partial charge in [-0.2, -0.15) is 0 Å². The molecule has 1 aromatic rings. The molecule has 0 aliphatic rings. The van der Waals surface area contributed by atoms with Gasteiger partial charge in [-0.1, -0.05) is 0 Å². The number of sulfonamides is 1. The number of carbonyl (C=O) groups is 2. The summed E-state index contributed by atoms with van der Waals surface area (Å²) in [6, 6.07) is 0.571. The van der Waals surface area contributed by atoms with Crippen LogP contribution < -0.4 is 20.9 Å². The van der Waals surface area contributed by atoms with Crippen molar-refractivity contribution >= 4 is 37.9 Å². The third-order valence-corrected chi connectivity index (χ3v) is 3.46. The number of hydrogen-bond acceptors (Lipinski definition) is 5. The van der Waals surface area contributed by atoms with Gasteiger partial charge in [0.15, 0.2) is 6.61 Å². The van der Waals surface area contributed by atoms with Crippen molar-refractivity contribution in [2.45, 2.75) is 4.90 Å².